The minimum atomic E-state index is -3.24. The Labute approximate surface area is 136 Å². The predicted octanol–water partition coefficient (Wildman–Crippen LogP) is 0.908. The van der Waals surface area contributed by atoms with Crippen LogP contribution in [0.25, 0.3) is 0 Å². The van der Waals surface area contributed by atoms with Gasteiger partial charge in [-0.2, -0.15) is 0 Å². The molecule has 1 aromatic carbocycles. The van der Waals surface area contributed by atoms with E-state index in [1.54, 1.807) is 25.1 Å². The number of amides is 1. The van der Waals surface area contributed by atoms with Gasteiger partial charge in [-0.3, -0.25) is 9.10 Å². The number of nitrogens with zero attached hydrogens (tertiary/aromatic N) is 1. The third-order valence-electron chi connectivity index (χ3n) is 3.55. The molecule has 1 aromatic rings. The van der Waals surface area contributed by atoms with Crippen molar-refractivity contribution >= 4 is 37.1 Å². The van der Waals surface area contributed by atoms with Crippen LogP contribution in [0.5, 0.6) is 0 Å². The fourth-order valence-electron chi connectivity index (χ4n) is 2.42. The molecular formula is C14H20N2O5S2. The zero-order valence-electron chi connectivity index (χ0n) is 13.1. The second kappa shape index (κ2) is 6.48. The Bertz CT molecular complexity index is 816. The number of anilines is 2. The van der Waals surface area contributed by atoms with Crippen LogP contribution in [-0.2, 0) is 24.7 Å². The molecule has 2 rings (SSSR count). The minimum Gasteiger partial charge on any atom is -0.326 e. The Balaban J connectivity index is 2.09. The van der Waals surface area contributed by atoms with Crippen LogP contribution in [0.3, 0.4) is 0 Å². The van der Waals surface area contributed by atoms with Crippen molar-refractivity contribution in [3.8, 4) is 0 Å². The number of carbonyl (C=O) groups excluding carboxylic acids is 1. The van der Waals surface area contributed by atoms with Gasteiger partial charge in [0, 0.05) is 24.9 Å². The van der Waals surface area contributed by atoms with Gasteiger partial charge in [0.25, 0.3) is 0 Å². The SMILES string of the molecule is Cc1cc(NC(=O)CCS(C)(=O)=O)ccc1N1CCCS1(=O)=O. The van der Waals surface area contributed by atoms with Crippen molar-refractivity contribution in [2.45, 2.75) is 19.8 Å². The molecule has 0 atom stereocenters. The summed E-state index contributed by atoms with van der Waals surface area (Å²) in [6, 6.07) is 4.96. The Hall–Kier alpha value is -1.61. The predicted molar refractivity (Wildman–Crippen MR) is 89.9 cm³/mol. The van der Waals surface area contributed by atoms with E-state index in [2.05, 4.69) is 5.32 Å². The Morgan fingerprint density at radius 3 is 2.57 bits per heavy atom. The summed E-state index contributed by atoms with van der Waals surface area (Å²) in [5, 5.41) is 2.62. The molecule has 1 saturated heterocycles. The lowest BCUT2D eigenvalue weighted by molar-refractivity contribution is -0.115. The van der Waals surface area contributed by atoms with Gasteiger partial charge in [0.05, 0.1) is 17.2 Å². The summed E-state index contributed by atoms with van der Waals surface area (Å²) in [6.45, 7) is 2.23. The molecule has 1 N–H and O–H groups in total. The second-order valence-corrected chi connectivity index (χ2v) is 9.94. The highest BCUT2D eigenvalue weighted by Crippen LogP contribution is 2.29. The molecule has 0 aliphatic carbocycles. The third-order valence-corrected chi connectivity index (χ3v) is 6.35. The third kappa shape index (κ3) is 4.68. The maximum Gasteiger partial charge on any atom is 0.235 e. The fraction of sp³-hybridized carbons (Fsp3) is 0.500. The highest BCUT2D eigenvalue weighted by Gasteiger charge is 2.29. The van der Waals surface area contributed by atoms with Gasteiger partial charge in [0.2, 0.25) is 15.9 Å². The molecule has 0 spiro atoms. The molecule has 1 amide bonds. The first-order valence-corrected chi connectivity index (χ1v) is 10.8. The summed E-state index contributed by atoms with van der Waals surface area (Å²) >= 11 is 0. The number of sulfone groups is 1. The van der Waals surface area contributed by atoms with Crippen LogP contribution in [0.2, 0.25) is 0 Å². The molecule has 9 heteroatoms. The summed E-state index contributed by atoms with van der Waals surface area (Å²) in [4.78, 5) is 11.7. The number of carbonyl (C=O) groups is 1. The zero-order valence-corrected chi connectivity index (χ0v) is 14.7. The number of rotatable bonds is 5. The number of aryl methyl sites for hydroxylation is 1. The molecule has 23 heavy (non-hydrogen) atoms. The standard InChI is InChI=1S/C14H20N2O5S2/c1-11-10-12(15-14(17)6-9-22(2,18)19)4-5-13(11)16-7-3-8-23(16,20)21/h4-5,10H,3,6-9H2,1-2H3,(H,15,17). The lowest BCUT2D eigenvalue weighted by Crippen LogP contribution is -2.25. The van der Waals surface area contributed by atoms with Gasteiger partial charge in [-0.25, -0.2) is 16.8 Å². The van der Waals surface area contributed by atoms with E-state index in [-0.39, 0.29) is 17.9 Å². The van der Waals surface area contributed by atoms with Crippen LogP contribution in [0.15, 0.2) is 18.2 Å². The molecule has 0 bridgehead atoms. The van der Waals surface area contributed by atoms with Gasteiger partial charge >= 0.3 is 0 Å². The summed E-state index contributed by atoms with van der Waals surface area (Å²) < 4.78 is 47.4. The number of hydrogen-bond acceptors (Lipinski definition) is 5. The Morgan fingerprint density at radius 1 is 1.35 bits per heavy atom. The number of sulfonamides is 1. The van der Waals surface area contributed by atoms with E-state index in [9.17, 15) is 21.6 Å². The topological polar surface area (TPSA) is 101 Å². The Morgan fingerprint density at radius 2 is 2.04 bits per heavy atom. The van der Waals surface area contributed by atoms with Crippen molar-refractivity contribution in [1.29, 1.82) is 0 Å². The molecule has 0 saturated carbocycles. The molecule has 1 heterocycles. The highest BCUT2D eigenvalue weighted by molar-refractivity contribution is 7.93. The lowest BCUT2D eigenvalue weighted by Gasteiger charge is -2.20. The maximum atomic E-state index is 12.0. The minimum absolute atomic E-state index is 0.111. The monoisotopic (exact) mass is 360 g/mol. The molecule has 128 valence electrons. The van der Waals surface area contributed by atoms with Crippen LogP contribution < -0.4 is 9.62 Å². The van der Waals surface area contributed by atoms with Gasteiger partial charge in [-0.15, -0.1) is 0 Å². The van der Waals surface area contributed by atoms with Crippen LogP contribution in [-0.4, -0.2) is 47.0 Å². The van der Waals surface area contributed by atoms with E-state index >= 15 is 0 Å². The van der Waals surface area contributed by atoms with Gasteiger partial charge in [0.1, 0.15) is 9.84 Å². The maximum absolute atomic E-state index is 12.0. The first-order chi connectivity index (χ1) is 10.6. The van der Waals surface area contributed by atoms with Crippen LogP contribution >= 0.6 is 0 Å². The van der Waals surface area contributed by atoms with Crippen LogP contribution in [0.4, 0.5) is 11.4 Å². The lowest BCUT2D eigenvalue weighted by atomic mass is 10.1. The van der Waals surface area contributed by atoms with E-state index in [0.29, 0.717) is 24.3 Å². The molecule has 0 unspecified atom stereocenters. The first-order valence-electron chi connectivity index (χ1n) is 7.17. The van der Waals surface area contributed by atoms with Crippen molar-refractivity contribution in [2.24, 2.45) is 0 Å². The molecule has 7 nitrogen and oxygen atoms in total. The molecule has 1 aliphatic rings. The van der Waals surface area contributed by atoms with Crippen molar-refractivity contribution in [3.63, 3.8) is 0 Å². The van der Waals surface area contributed by atoms with Crippen molar-refractivity contribution in [1.82, 2.24) is 0 Å². The van der Waals surface area contributed by atoms with Crippen molar-refractivity contribution in [2.75, 3.05) is 33.9 Å². The summed E-state index contributed by atoms with van der Waals surface area (Å²) in [6.07, 6.45) is 1.57. The van der Waals surface area contributed by atoms with E-state index in [1.807, 2.05) is 0 Å². The largest absolute Gasteiger partial charge is 0.326 e. The molecule has 0 radical (unpaired) electrons. The van der Waals surface area contributed by atoms with E-state index < -0.39 is 25.8 Å². The van der Waals surface area contributed by atoms with Gasteiger partial charge in [-0.1, -0.05) is 0 Å². The molecular weight excluding hydrogens is 340 g/mol. The number of benzene rings is 1. The smallest absolute Gasteiger partial charge is 0.235 e. The second-order valence-electron chi connectivity index (χ2n) is 5.67. The van der Waals surface area contributed by atoms with Crippen molar-refractivity contribution < 1.29 is 21.6 Å². The van der Waals surface area contributed by atoms with Crippen molar-refractivity contribution in [3.05, 3.63) is 23.8 Å². The summed E-state index contributed by atoms with van der Waals surface area (Å²) in [7, 11) is -6.43. The molecule has 1 aliphatic heterocycles. The Kier molecular flexibility index (Phi) is 5.00. The fourth-order valence-corrected chi connectivity index (χ4v) is 4.61. The van der Waals surface area contributed by atoms with Gasteiger partial charge < -0.3 is 5.32 Å². The van der Waals surface area contributed by atoms with E-state index in [1.165, 1.54) is 4.31 Å². The number of nitrogens with one attached hydrogen (secondary N) is 1. The van der Waals surface area contributed by atoms with Gasteiger partial charge in [-0.05, 0) is 37.1 Å². The molecule has 0 aromatic heterocycles. The first kappa shape index (κ1) is 17.7. The van der Waals surface area contributed by atoms with Gasteiger partial charge in [0.15, 0.2) is 0 Å². The van der Waals surface area contributed by atoms with Crippen LogP contribution in [0, 0.1) is 6.92 Å². The average molecular weight is 360 g/mol. The van der Waals surface area contributed by atoms with E-state index in [0.717, 1.165) is 11.8 Å². The average Bonchev–Trinajstić information content (AvgIpc) is 2.75. The summed E-state index contributed by atoms with van der Waals surface area (Å²) in [5.74, 6) is -0.449. The van der Waals surface area contributed by atoms with E-state index in [4.69, 9.17) is 0 Å². The molecule has 1 fully saturated rings. The quantitative estimate of drug-likeness (QED) is 0.841. The normalized spacial score (nSPS) is 17.2. The number of hydrogen-bond donors (Lipinski definition) is 1. The van der Waals surface area contributed by atoms with Crippen LogP contribution in [0.1, 0.15) is 18.4 Å². The highest BCUT2D eigenvalue weighted by atomic mass is 32.2. The zero-order chi connectivity index (χ0) is 17.3. The summed E-state index contributed by atoms with van der Waals surface area (Å²) in [5.41, 5.74) is 1.86.